The van der Waals surface area contributed by atoms with E-state index >= 15 is 0 Å². The highest BCUT2D eigenvalue weighted by atomic mass is 32.1. The van der Waals surface area contributed by atoms with Gasteiger partial charge >= 0.3 is 0 Å². The quantitative estimate of drug-likeness (QED) is 0.404. The second kappa shape index (κ2) is 9.58. The Morgan fingerprint density at radius 1 is 1.11 bits per heavy atom. The molecular formula is C28H30N6OS. The monoisotopic (exact) mass is 498 g/mol. The summed E-state index contributed by atoms with van der Waals surface area (Å²) in [6, 6.07) is 7.80. The van der Waals surface area contributed by atoms with Gasteiger partial charge in [-0.05, 0) is 74.3 Å². The van der Waals surface area contributed by atoms with E-state index in [4.69, 9.17) is 9.97 Å². The molecule has 1 aliphatic heterocycles. The molecule has 1 unspecified atom stereocenters. The summed E-state index contributed by atoms with van der Waals surface area (Å²) >= 11 is 1.83. The van der Waals surface area contributed by atoms with E-state index in [0.717, 1.165) is 66.4 Å². The number of amides is 1. The van der Waals surface area contributed by atoms with E-state index in [0.29, 0.717) is 11.7 Å². The molecule has 5 heterocycles. The van der Waals surface area contributed by atoms with Crippen molar-refractivity contribution in [3.05, 3.63) is 58.9 Å². The van der Waals surface area contributed by atoms with E-state index in [9.17, 15) is 4.79 Å². The Balaban J connectivity index is 1.30. The molecule has 7 nitrogen and oxygen atoms in total. The maximum Gasteiger partial charge on any atom is 0.228 e. The lowest BCUT2D eigenvalue weighted by molar-refractivity contribution is -0.120. The molecule has 184 valence electrons. The smallest absolute Gasteiger partial charge is 0.228 e. The fourth-order valence-electron chi connectivity index (χ4n) is 5.36. The third-order valence-electron chi connectivity index (χ3n) is 7.47. The zero-order chi connectivity index (χ0) is 24.6. The standard InChI is InChI=1S/C28H30N6OS/c1-17-7-8-21-22(15-17)36-28-23(21)26(31-25(33-28)20-6-4-11-29-16-20)34-13-9-19(10-14-34)27(35)32-24-18(2)5-3-12-30-24/h3-6,11-12,16-17,19H,7-10,13-15H2,1-2H3,(H,30,32,35). The normalized spacial score (nSPS) is 18.3. The molecule has 8 heteroatoms. The summed E-state index contributed by atoms with van der Waals surface area (Å²) in [5.74, 6) is 3.13. The number of carbonyl (C=O) groups excluding carboxylic acids is 1. The summed E-state index contributed by atoms with van der Waals surface area (Å²) in [7, 11) is 0. The molecule has 0 bridgehead atoms. The van der Waals surface area contributed by atoms with E-state index in [1.54, 1.807) is 12.4 Å². The van der Waals surface area contributed by atoms with Crippen LogP contribution in [0.15, 0.2) is 42.9 Å². The molecule has 0 spiro atoms. The molecule has 0 radical (unpaired) electrons. The van der Waals surface area contributed by atoms with E-state index in [1.807, 2.05) is 48.7 Å². The van der Waals surface area contributed by atoms with Gasteiger partial charge in [0.25, 0.3) is 0 Å². The number of rotatable bonds is 4. The molecule has 1 saturated heterocycles. The number of hydrogen-bond acceptors (Lipinski definition) is 7. The number of fused-ring (bicyclic) bond motifs is 3. The number of nitrogens with zero attached hydrogens (tertiary/aromatic N) is 5. The first-order valence-corrected chi connectivity index (χ1v) is 13.6. The molecule has 0 saturated carbocycles. The molecular weight excluding hydrogens is 468 g/mol. The fraction of sp³-hybridized carbons (Fsp3) is 0.393. The van der Waals surface area contributed by atoms with Crippen LogP contribution in [0.2, 0.25) is 0 Å². The molecule has 1 N–H and O–H groups in total. The van der Waals surface area contributed by atoms with Crippen LogP contribution in [-0.4, -0.2) is 38.9 Å². The van der Waals surface area contributed by atoms with Crippen molar-refractivity contribution < 1.29 is 4.79 Å². The number of anilines is 2. The molecule has 1 aliphatic carbocycles. The van der Waals surface area contributed by atoms with Gasteiger partial charge in [0.05, 0.1) is 5.39 Å². The molecule has 1 amide bonds. The predicted molar refractivity (Wildman–Crippen MR) is 144 cm³/mol. The van der Waals surface area contributed by atoms with E-state index in [1.165, 1.54) is 22.2 Å². The average Bonchev–Trinajstić information content (AvgIpc) is 3.27. The van der Waals surface area contributed by atoms with Gasteiger partial charge in [-0.2, -0.15) is 0 Å². The van der Waals surface area contributed by atoms with E-state index in [2.05, 4.69) is 27.1 Å². The van der Waals surface area contributed by atoms with Crippen molar-refractivity contribution in [3.8, 4) is 11.4 Å². The summed E-state index contributed by atoms with van der Waals surface area (Å²) in [6.45, 7) is 5.88. The lowest BCUT2D eigenvalue weighted by atomic mass is 9.89. The van der Waals surface area contributed by atoms with Gasteiger partial charge in [-0.1, -0.05) is 13.0 Å². The second-order valence-corrected chi connectivity index (χ2v) is 11.1. The van der Waals surface area contributed by atoms with Crippen molar-refractivity contribution in [3.63, 3.8) is 0 Å². The highest BCUT2D eigenvalue weighted by Crippen LogP contribution is 2.42. The zero-order valence-corrected chi connectivity index (χ0v) is 21.5. The zero-order valence-electron chi connectivity index (χ0n) is 20.7. The number of aromatic nitrogens is 4. The van der Waals surface area contributed by atoms with Gasteiger partial charge in [0.2, 0.25) is 5.91 Å². The Morgan fingerprint density at radius 2 is 1.94 bits per heavy atom. The Bertz CT molecular complexity index is 1410. The van der Waals surface area contributed by atoms with Crippen LogP contribution < -0.4 is 10.2 Å². The highest BCUT2D eigenvalue weighted by Gasteiger charge is 2.30. The highest BCUT2D eigenvalue weighted by molar-refractivity contribution is 7.19. The Hall–Kier alpha value is -3.39. The third kappa shape index (κ3) is 4.34. The number of nitrogens with one attached hydrogen (secondary N) is 1. The number of thiophene rings is 1. The van der Waals surface area contributed by atoms with Crippen LogP contribution in [-0.2, 0) is 17.6 Å². The van der Waals surface area contributed by atoms with Gasteiger partial charge in [-0.15, -0.1) is 11.3 Å². The van der Waals surface area contributed by atoms with Gasteiger partial charge in [-0.25, -0.2) is 15.0 Å². The van der Waals surface area contributed by atoms with Crippen molar-refractivity contribution in [2.75, 3.05) is 23.3 Å². The van der Waals surface area contributed by atoms with Crippen molar-refractivity contribution in [1.82, 2.24) is 19.9 Å². The van der Waals surface area contributed by atoms with Crippen LogP contribution in [0.4, 0.5) is 11.6 Å². The summed E-state index contributed by atoms with van der Waals surface area (Å²) in [4.78, 5) is 36.6. The van der Waals surface area contributed by atoms with Crippen molar-refractivity contribution >= 4 is 39.1 Å². The molecule has 0 aromatic carbocycles. The lowest BCUT2D eigenvalue weighted by Crippen LogP contribution is -2.39. The number of aryl methyl sites for hydroxylation is 2. The molecule has 4 aromatic rings. The Labute approximate surface area is 215 Å². The third-order valence-corrected chi connectivity index (χ3v) is 8.62. The Kier molecular flexibility index (Phi) is 6.13. The van der Waals surface area contributed by atoms with Gasteiger partial charge in [0.1, 0.15) is 16.5 Å². The topological polar surface area (TPSA) is 83.9 Å². The second-order valence-electron chi connectivity index (χ2n) is 10.1. The molecule has 6 rings (SSSR count). The number of piperidine rings is 1. The molecule has 1 atom stereocenters. The molecule has 4 aromatic heterocycles. The van der Waals surface area contributed by atoms with Crippen LogP contribution in [0.1, 0.15) is 42.2 Å². The summed E-state index contributed by atoms with van der Waals surface area (Å²) in [5.41, 5.74) is 3.35. The number of hydrogen-bond donors (Lipinski definition) is 1. The largest absolute Gasteiger partial charge is 0.356 e. The van der Waals surface area contributed by atoms with Gasteiger partial charge in [-0.3, -0.25) is 9.78 Å². The minimum atomic E-state index is -0.0324. The minimum Gasteiger partial charge on any atom is -0.356 e. The number of pyridine rings is 2. The fourth-order valence-corrected chi connectivity index (χ4v) is 6.74. The summed E-state index contributed by atoms with van der Waals surface area (Å²) in [6.07, 6.45) is 10.3. The number of carbonyl (C=O) groups is 1. The van der Waals surface area contributed by atoms with Gasteiger partial charge in [0.15, 0.2) is 5.82 Å². The summed E-state index contributed by atoms with van der Waals surface area (Å²) < 4.78 is 0. The SMILES string of the molecule is Cc1cccnc1NC(=O)C1CCN(c2nc(-c3cccnc3)nc3sc4c(c23)CCC(C)C4)CC1. The molecule has 1 fully saturated rings. The maximum atomic E-state index is 13.0. The van der Waals surface area contributed by atoms with Crippen LogP contribution >= 0.6 is 11.3 Å². The van der Waals surface area contributed by atoms with Crippen LogP contribution in [0.5, 0.6) is 0 Å². The molecule has 36 heavy (non-hydrogen) atoms. The minimum absolute atomic E-state index is 0.0324. The van der Waals surface area contributed by atoms with Crippen LogP contribution in [0, 0.1) is 18.8 Å². The molecule has 2 aliphatic rings. The first-order chi connectivity index (χ1) is 17.6. The maximum absolute atomic E-state index is 13.0. The lowest BCUT2D eigenvalue weighted by Gasteiger charge is -2.33. The van der Waals surface area contributed by atoms with Crippen molar-refractivity contribution in [2.45, 2.75) is 46.0 Å². The predicted octanol–water partition coefficient (Wildman–Crippen LogP) is 5.44. The first-order valence-electron chi connectivity index (χ1n) is 12.8. The van der Waals surface area contributed by atoms with Crippen molar-refractivity contribution in [1.29, 1.82) is 0 Å². The summed E-state index contributed by atoms with van der Waals surface area (Å²) in [5, 5.41) is 4.26. The first kappa shape index (κ1) is 23.0. The van der Waals surface area contributed by atoms with Crippen LogP contribution in [0.3, 0.4) is 0 Å². The van der Waals surface area contributed by atoms with E-state index < -0.39 is 0 Å². The van der Waals surface area contributed by atoms with Gasteiger partial charge in [0, 0.05) is 48.0 Å². The van der Waals surface area contributed by atoms with E-state index in [-0.39, 0.29) is 11.8 Å². The average molecular weight is 499 g/mol. The van der Waals surface area contributed by atoms with Crippen molar-refractivity contribution in [2.24, 2.45) is 11.8 Å². The Morgan fingerprint density at radius 3 is 2.72 bits per heavy atom. The van der Waals surface area contributed by atoms with Gasteiger partial charge < -0.3 is 10.2 Å². The van der Waals surface area contributed by atoms with Crippen LogP contribution in [0.25, 0.3) is 21.6 Å².